The standard InChI is InChI=1S/C13H14BrN/c1-9(2)8-10-4-3-5-12-11(10)6-7-13(14)15-12/h3-7,9H,8H2,1-2H3. The third-order valence-corrected chi connectivity index (χ3v) is 2.86. The molecule has 0 atom stereocenters. The first-order chi connectivity index (χ1) is 7.16. The number of benzene rings is 1. The van der Waals surface area contributed by atoms with Crippen LogP contribution in [-0.4, -0.2) is 4.98 Å². The molecule has 0 spiro atoms. The van der Waals surface area contributed by atoms with E-state index in [9.17, 15) is 0 Å². The number of nitrogens with zero attached hydrogens (tertiary/aromatic N) is 1. The van der Waals surface area contributed by atoms with E-state index in [0.717, 1.165) is 16.5 Å². The van der Waals surface area contributed by atoms with E-state index < -0.39 is 0 Å². The van der Waals surface area contributed by atoms with E-state index in [-0.39, 0.29) is 0 Å². The molecule has 2 aromatic rings. The fraction of sp³-hybridized carbons (Fsp3) is 0.308. The lowest BCUT2D eigenvalue weighted by molar-refractivity contribution is 0.650. The molecule has 1 aromatic heterocycles. The van der Waals surface area contributed by atoms with E-state index in [1.165, 1.54) is 10.9 Å². The lowest BCUT2D eigenvalue weighted by Gasteiger charge is -2.08. The topological polar surface area (TPSA) is 12.9 Å². The fourth-order valence-corrected chi connectivity index (χ4v) is 2.13. The Bertz CT molecular complexity index is 477. The largest absolute Gasteiger partial charge is 0.241 e. The Morgan fingerprint density at radius 3 is 2.73 bits per heavy atom. The van der Waals surface area contributed by atoms with Gasteiger partial charge in [-0.05, 0) is 52.0 Å². The predicted molar refractivity (Wildman–Crippen MR) is 68.0 cm³/mol. The summed E-state index contributed by atoms with van der Waals surface area (Å²) < 4.78 is 0.900. The van der Waals surface area contributed by atoms with Gasteiger partial charge < -0.3 is 0 Å². The van der Waals surface area contributed by atoms with Crippen molar-refractivity contribution in [3.8, 4) is 0 Å². The van der Waals surface area contributed by atoms with Crippen LogP contribution in [0.25, 0.3) is 10.9 Å². The van der Waals surface area contributed by atoms with Crippen molar-refractivity contribution < 1.29 is 0 Å². The molecule has 1 nitrogen and oxygen atoms in total. The first kappa shape index (κ1) is 10.6. The zero-order chi connectivity index (χ0) is 10.8. The minimum Gasteiger partial charge on any atom is -0.241 e. The molecule has 0 fully saturated rings. The Labute approximate surface area is 98.7 Å². The Balaban J connectivity index is 2.56. The van der Waals surface area contributed by atoms with Gasteiger partial charge in [-0.2, -0.15) is 0 Å². The van der Waals surface area contributed by atoms with E-state index in [1.54, 1.807) is 0 Å². The third-order valence-electron chi connectivity index (χ3n) is 2.42. The maximum Gasteiger partial charge on any atom is 0.106 e. The molecule has 0 unspecified atom stereocenters. The van der Waals surface area contributed by atoms with Crippen LogP contribution in [0, 0.1) is 5.92 Å². The molecule has 2 heteroatoms. The van der Waals surface area contributed by atoms with Gasteiger partial charge in [-0.15, -0.1) is 0 Å². The van der Waals surface area contributed by atoms with Crippen molar-refractivity contribution in [3.63, 3.8) is 0 Å². The van der Waals surface area contributed by atoms with Crippen molar-refractivity contribution in [2.75, 3.05) is 0 Å². The van der Waals surface area contributed by atoms with Crippen molar-refractivity contribution in [1.29, 1.82) is 0 Å². The van der Waals surface area contributed by atoms with Crippen LogP contribution in [0.4, 0.5) is 0 Å². The van der Waals surface area contributed by atoms with Crippen LogP contribution in [0.3, 0.4) is 0 Å². The molecular formula is C13H14BrN. The minimum absolute atomic E-state index is 0.680. The van der Waals surface area contributed by atoms with Crippen LogP contribution in [0.15, 0.2) is 34.9 Å². The van der Waals surface area contributed by atoms with Crippen LogP contribution in [-0.2, 0) is 6.42 Å². The third kappa shape index (κ3) is 2.37. The molecule has 0 radical (unpaired) electrons. The molecule has 1 aromatic carbocycles. The lowest BCUT2D eigenvalue weighted by Crippen LogP contribution is -1.95. The minimum atomic E-state index is 0.680. The molecule has 0 saturated heterocycles. The molecule has 2 rings (SSSR count). The SMILES string of the molecule is CC(C)Cc1cccc2nc(Br)ccc12. The smallest absolute Gasteiger partial charge is 0.106 e. The summed E-state index contributed by atoms with van der Waals surface area (Å²) >= 11 is 3.40. The van der Waals surface area contributed by atoms with Crippen LogP contribution < -0.4 is 0 Å². The van der Waals surface area contributed by atoms with E-state index in [4.69, 9.17) is 0 Å². The van der Waals surface area contributed by atoms with Crippen molar-refractivity contribution in [2.24, 2.45) is 5.92 Å². The molecule has 0 bridgehead atoms. The van der Waals surface area contributed by atoms with Gasteiger partial charge in [0.2, 0.25) is 0 Å². The zero-order valence-electron chi connectivity index (χ0n) is 9.00. The Morgan fingerprint density at radius 2 is 2.00 bits per heavy atom. The second kappa shape index (κ2) is 4.31. The van der Waals surface area contributed by atoms with Gasteiger partial charge in [0.05, 0.1) is 5.52 Å². The number of aromatic nitrogens is 1. The normalized spacial score (nSPS) is 11.2. The number of hydrogen-bond acceptors (Lipinski definition) is 1. The highest BCUT2D eigenvalue weighted by atomic mass is 79.9. The van der Waals surface area contributed by atoms with Gasteiger partial charge in [0, 0.05) is 5.39 Å². The molecule has 0 amide bonds. The summed E-state index contributed by atoms with van der Waals surface area (Å²) in [5, 5.41) is 1.27. The Kier molecular flexibility index (Phi) is 3.06. The monoisotopic (exact) mass is 263 g/mol. The number of pyridine rings is 1. The maximum atomic E-state index is 4.46. The highest BCUT2D eigenvalue weighted by molar-refractivity contribution is 9.10. The average Bonchev–Trinajstić information content (AvgIpc) is 2.16. The molecule has 0 N–H and O–H groups in total. The first-order valence-electron chi connectivity index (χ1n) is 5.21. The molecule has 78 valence electrons. The molecular weight excluding hydrogens is 250 g/mol. The van der Waals surface area contributed by atoms with Crippen LogP contribution in [0.2, 0.25) is 0 Å². The van der Waals surface area contributed by atoms with Crippen LogP contribution in [0.5, 0.6) is 0 Å². The first-order valence-corrected chi connectivity index (χ1v) is 6.00. The average molecular weight is 264 g/mol. The molecule has 0 saturated carbocycles. The van der Waals surface area contributed by atoms with Gasteiger partial charge in [-0.3, -0.25) is 0 Å². The molecule has 0 aliphatic rings. The van der Waals surface area contributed by atoms with Crippen molar-refractivity contribution >= 4 is 26.8 Å². The van der Waals surface area contributed by atoms with Crippen LogP contribution >= 0.6 is 15.9 Å². The summed E-state index contributed by atoms with van der Waals surface area (Å²) in [7, 11) is 0. The molecule has 15 heavy (non-hydrogen) atoms. The Hall–Kier alpha value is -0.890. The summed E-state index contributed by atoms with van der Waals surface area (Å²) in [5.41, 5.74) is 2.46. The second-order valence-corrected chi connectivity index (χ2v) is 5.03. The Morgan fingerprint density at radius 1 is 1.20 bits per heavy atom. The van der Waals surface area contributed by atoms with Gasteiger partial charge in [-0.25, -0.2) is 4.98 Å². The second-order valence-electron chi connectivity index (χ2n) is 4.22. The summed E-state index contributed by atoms with van der Waals surface area (Å²) in [5.74, 6) is 0.680. The van der Waals surface area contributed by atoms with Gasteiger partial charge in [0.15, 0.2) is 0 Å². The molecule has 0 aliphatic carbocycles. The number of rotatable bonds is 2. The van der Waals surface area contributed by atoms with E-state index in [2.05, 4.69) is 59.0 Å². The number of hydrogen-bond donors (Lipinski definition) is 0. The van der Waals surface area contributed by atoms with Gasteiger partial charge in [-0.1, -0.05) is 26.0 Å². The highest BCUT2D eigenvalue weighted by Gasteiger charge is 2.04. The number of fused-ring (bicyclic) bond motifs is 1. The summed E-state index contributed by atoms with van der Waals surface area (Å²) in [6.07, 6.45) is 1.11. The van der Waals surface area contributed by atoms with E-state index in [0.29, 0.717) is 5.92 Å². The summed E-state index contributed by atoms with van der Waals surface area (Å²) in [6.45, 7) is 4.48. The highest BCUT2D eigenvalue weighted by Crippen LogP contribution is 2.21. The van der Waals surface area contributed by atoms with E-state index >= 15 is 0 Å². The lowest BCUT2D eigenvalue weighted by atomic mass is 9.99. The maximum absolute atomic E-state index is 4.46. The van der Waals surface area contributed by atoms with Crippen molar-refractivity contribution in [2.45, 2.75) is 20.3 Å². The van der Waals surface area contributed by atoms with Gasteiger partial charge >= 0.3 is 0 Å². The zero-order valence-corrected chi connectivity index (χ0v) is 10.6. The molecule has 1 heterocycles. The quantitative estimate of drug-likeness (QED) is 0.741. The predicted octanol–water partition coefficient (Wildman–Crippen LogP) is 4.20. The molecule has 0 aliphatic heterocycles. The van der Waals surface area contributed by atoms with Gasteiger partial charge in [0.1, 0.15) is 4.60 Å². The van der Waals surface area contributed by atoms with Crippen molar-refractivity contribution in [1.82, 2.24) is 4.98 Å². The van der Waals surface area contributed by atoms with Crippen molar-refractivity contribution in [3.05, 3.63) is 40.5 Å². The fourth-order valence-electron chi connectivity index (χ4n) is 1.81. The number of halogens is 1. The summed E-state index contributed by atoms with van der Waals surface area (Å²) in [6, 6.07) is 10.5. The van der Waals surface area contributed by atoms with Crippen LogP contribution in [0.1, 0.15) is 19.4 Å². The summed E-state index contributed by atoms with van der Waals surface area (Å²) in [4.78, 5) is 4.46. The van der Waals surface area contributed by atoms with Gasteiger partial charge in [0.25, 0.3) is 0 Å². The van der Waals surface area contributed by atoms with E-state index in [1.807, 2.05) is 6.07 Å².